The number of phenolic OH excluding ortho intramolecular Hbond substituents is 1. The van der Waals surface area contributed by atoms with Crippen molar-refractivity contribution in [2.24, 2.45) is 29.4 Å². The van der Waals surface area contributed by atoms with Crippen LogP contribution in [-0.4, -0.2) is 56.1 Å². The summed E-state index contributed by atoms with van der Waals surface area (Å²) in [4.78, 5) is 62.9. The van der Waals surface area contributed by atoms with Crippen molar-refractivity contribution in [3.63, 3.8) is 0 Å². The highest BCUT2D eigenvalue weighted by atomic mass is 16.3. The molecule has 9 nitrogen and oxygen atoms in total. The van der Waals surface area contributed by atoms with Gasteiger partial charge in [0.25, 0.3) is 0 Å². The van der Waals surface area contributed by atoms with E-state index in [-0.39, 0.29) is 16.7 Å². The molecule has 150 valence electrons. The van der Waals surface area contributed by atoms with Crippen molar-refractivity contribution < 1.29 is 39.3 Å². The molecule has 2 saturated carbocycles. The number of aliphatic hydroxyl groups excluding tert-OH is 1. The minimum atomic E-state index is -2.92. The highest BCUT2D eigenvalue weighted by Crippen LogP contribution is 2.53. The molecule has 5 N–H and O–H groups in total. The molecule has 2 unspecified atom stereocenters. The first kappa shape index (κ1) is 19.2. The zero-order chi connectivity index (χ0) is 21.4. The van der Waals surface area contributed by atoms with Crippen molar-refractivity contribution in [3.05, 3.63) is 35.9 Å². The Hall–Kier alpha value is -3.17. The Morgan fingerprint density at radius 2 is 1.83 bits per heavy atom. The van der Waals surface area contributed by atoms with Crippen LogP contribution in [0.2, 0.25) is 0 Å². The molecule has 0 heterocycles. The fourth-order valence-electron chi connectivity index (χ4n) is 4.93. The van der Waals surface area contributed by atoms with Gasteiger partial charge < -0.3 is 21.1 Å². The van der Waals surface area contributed by atoms with E-state index in [0.717, 1.165) is 0 Å². The molecule has 1 amide bonds. The average molecular weight is 399 g/mol. The maximum absolute atomic E-state index is 13.2. The number of hydrogen-bond acceptors (Lipinski definition) is 8. The molecule has 2 fully saturated rings. The highest BCUT2D eigenvalue weighted by molar-refractivity contribution is 6.32. The molecule has 9 heteroatoms. The predicted molar refractivity (Wildman–Crippen MR) is 95.2 cm³/mol. The maximum Gasteiger partial charge on any atom is 0.235 e. The molecule has 0 radical (unpaired) electrons. The van der Waals surface area contributed by atoms with E-state index in [9.17, 15) is 39.3 Å². The lowest BCUT2D eigenvalue weighted by Gasteiger charge is -2.51. The largest absolute Gasteiger partial charge is 0.507 e. The van der Waals surface area contributed by atoms with Gasteiger partial charge in [-0.25, -0.2) is 0 Å². The molecule has 3 aliphatic carbocycles. The summed E-state index contributed by atoms with van der Waals surface area (Å²) in [7, 11) is 0. The average Bonchev–Trinajstić information content (AvgIpc) is 2.65. The zero-order valence-electron chi connectivity index (χ0n) is 15.0. The summed E-state index contributed by atoms with van der Waals surface area (Å²) in [5, 5.41) is 32.1. The van der Waals surface area contributed by atoms with Crippen LogP contribution in [0.3, 0.4) is 0 Å². The van der Waals surface area contributed by atoms with Crippen molar-refractivity contribution in [1.82, 2.24) is 0 Å². The first-order valence-electron chi connectivity index (χ1n) is 8.89. The number of rotatable bonds is 1. The van der Waals surface area contributed by atoms with E-state index in [1.54, 1.807) is 0 Å². The molecular weight excluding hydrogens is 382 g/mol. The summed E-state index contributed by atoms with van der Waals surface area (Å²) < 4.78 is 0. The normalized spacial score (nSPS) is 36.3. The standard InChI is InChI=1S/C20H17NO8/c1-6-7-3-2-4-9(22)12(7)16(25)14-11(6)15(24)8-5-10(23)13(19(21)28)17(26)20(8,29)18(14)27/h2-4,8,11,13-15,22,24,29H,1,5H2,(H2,21,28)/t8-,11-,13?,14?,15-,20-/m1/s1. The smallest absolute Gasteiger partial charge is 0.235 e. The van der Waals surface area contributed by atoms with E-state index in [2.05, 4.69) is 6.58 Å². The van der Waals surface area contributed by atoms with Gasteiger partial charge in [0.05, 0.1) is 17.6 Å². The van der Waals surface area contributed by atoms with Crippen molar-refractivity contribution in [2.45, 2.75) is 18.1 Å². The van der Waals surface area contributed by atoms with Gasteiger partial charge in [-0.15, -0.1) is 0 Å². The molecule has 1 aromatic carbocycles. The monoisotopic (exact) mass is 399 g/mol. The summed E-state index contributed by atoms with van der Waals surface area (Å²) in [6, 6.07) is 4.19. The fraction of sp³-hybridized carbons (Fsp3) is 0.350. The van der Waals surface area contributed by atoms with Gasteiger partial charge in [-0.05, 0) is 17.2 Å². The van der Waals surface area contributed by atoms with Crippen LogP contribution in [-0.2, 0) is 19.2 Å². The second-order valence-electron chi connectivity index (χ2n) is 7.69. The number of fused-ring (bicyclic) bond motifs is 3. The van der Waals surface area contributed by atoms with E-state index in [1.165, 1.54) is 18.2 Å². The second kappa shape index (κ2) is 5.91. The first-order chi connectivity index (χ1) is 13.5. The third-order valence-corrected chi connectivity index (χ3v) is 6.32. The molecule has 4 rings (SSSR count). The Bertz CT molecular complexity index is 1040. The van der Waals surface area contributed by atoms with Crippen molar-refractivity contribution in [2.75, 3.05) is 0 Å². The van der Waals surface area contributed by atoms with E-state index in [1.807, 2.05) is 0 Å². The number of hydrogen-bond donors (Lipinski definition) is 4. The van der Waals surface area contributed by atoms with Crippen LogP contribution < -0.4 is 5.73 Å². The van der Waals surface area contributed by atoms with Crippen molar-refractivity contribution >= 4 is 34.6 Å². The fourth-order valence-corrected chi connectivity index (χ4v) is 4.93. The minimum absolute atomic E-state index is 0.167. The molecule has 6 atom stereocenters. The number of amides is 1. The number of phenols is 1. The summed E-state index contributed by atoms with van der Waals surface area (Å²) in [6.45, 7) is 3.84. The van der Waals surface area contributed by atoms with Crippen molar-refractivity contribution in [1.29, 1.82) is 0 Å². The molecule has 1 aromatic rings. The van der Waals surface area contributed by atoms with Crippen LogP contribution in [0, 0.1) is 23.7 Å². The van der Waals surface area contributed by atoms with Crippen LogP contribution in [0.25, 0.3) is 5.57 Å². The number of aliphatic hydroxyl groups is 2. The summed E-state index contributed by atoms with van der Waals surface area (Å²) in [5.41, 5.74) is 2.37. The van der Waals surface area contributed by atoms with E-state index >= 15 is 0 Å². The van der Waals surface area contributed by atoms with Gasteiger partial charge in [0.15, 0.2) is 34.7 Å². The highest BCUT2D eigenvalue weighted by Gasteiger charge is 2.69. The molecule has 3 aliphatic rings. The topological polar surface area (TPSA) is 172 Å². The molecule has 0 bridgehead atoms. The van der Waals surface area contributed by atoms with E-state index < -0.39 is 76.6 Å². The number of nitrogens with two attached hydrogens (primary N) is 1. The van der Waals surface area contributed by atoms with Gasteiger partial charge >= 0.3 is 0 Å². The first-order valence-corrected chi connectivity index (χ1v) is 8.89. The Kier molecular flexibility index (Phi) is 3.91. The number of carbonyl (C=O) groups is 5. The third-order valence-electron chi connectivity index (χ3n) is 6.32. The Morgan fingerprint density at radius 3 is 2.45 bits per heavy atom. The predicted octanol–water partition coefficient (Wildman–Crippen LogP) is -1.23. The van der Waals surface area contributed by atoms with Gasteiger partial charge in [0.2, 0.25) is 5.91 Å². The number of carbonyl (C=O) groups excluding carboxylic acids is 5. The van der Waals surface area contributed by atoms with Gasteiger partial charge in [-0.2, -0.15) is 0 Å². The lowest BCUT2D eigenvalue weighted by Crippen LogP contribution is -2.72. The van der Waals surface area contributed by atoms with Gasteiger partial charge in [-0.3, -0.25) is 24.0 Å². The number of aromatic hydroxyl groups is 1. The van der Waals surface area contributed by atoms with Gasteiger partial charge in [0.1, 0.15) is 5.75 Å². The van der Waals surface area contributed by atoms with Crippen LogP contribution in [0.15, 0.2) is 24.8 Å². The number of Topliss-reactive ketones (excluding diaryl/α,β-unsaturated/α-hetero) is 4. The summed E-state index contributed by atoms with van der Waals surface area (Å²) >= 11 is 0. The number of benzene rings is 1. The van der Waals surface area contributed by atoms with E-state index in [0.29, 0.717) is 0 Å². The third kappa shape index (κ3) is 2.19. The number of ketones is 4. The molecule has 0 aromatic heterocycles. The zero-order valence-corrected chi connectivity index (χ0v) is 15.0. The van der Waals surface area contributed by atoms with Crippen LogP contribution >= 0.6 is 0 Å². The number of primary amides is 1. The SMILES string of the molecule is C=C1c2cccc(O)c2C(=O)C2C(=O)[C@]3(O)C(=O)C(C(N)=O)C(=O)C[C@@H]3[C@@H](O)[C@H]12. The Morgan fingerprint density at radius 1 is 1.17 bits per heavy atom. The molecule has 29 heavy (non-hydrogen) atoms. The van der Waals surface area contributed by atoms with Crippen LogP contribution in [0.5, 0.6) is 5.75 Å². The summed E-state index contributed by atoms with van der Waals surface area (Å²) in [6.07, 6.45) is -2.28. The minimum Gasteiger partial charge on any atom is -0.507 e. The quantitative estimate of drug-likeness (QED) is 0.425. The molecular formula is C20H17NO8. The second-order valence-corrected chi connectivity index (χ2v) is 7.69. The van der Waals surface area contributed by atoms with Crippen LogP contribution in [0.1, 0.15) is 22.3 Å². The van der Waals surface area contributed by atoms with Gasteiger partial charge in [0, 0.05) is 18.3 Å². The maximum atomic E-state index is 13.2. The van der Waals surface area contributed by atoms with E-state index in [4.69, 9.17) is 5.73 Å². The van der Waals surface area contributed by atoms with Crippen molar-refractivity contribution in [3.8, 4) is 5.75 Å². The molecule has 0 spiro atoms. The molecule has 0 aliphatic heterocycles. The lowest BCUT2D eigenvalue weighted by atomic mass is 9.52. The van der Waals surface area contributed by atoms with Crippen LogP contribution in [0.4, 0.5) is 0 Å². The Balaban J connectivity index is 1.91. The molecule has 0 saturated heterocycles. The summed E-state index contributed by atoms with van der Waals surface area (Å²) in [5.74, 6) is -12.7. The lowest BCUT2D eigenvalue weighted by molar-refractivity contribution is -0.185. The van der Waals surface area contributed by atoms with Gasteiger partial charge in [-0.1, -0.05) is 18.7 Å². The Labute approximate surface area is 163 Å².